The Kier molecular flexibility index (Phi) is 10.7. The monoisotopic (exact) mass is 614 g/mol. The third-order valence-electron chi connectivity index (χ3n) is 7.13. The molecule has 2 atom stereocenters. The first-order valence-electron chi connectivity index (χ1n) is 14.4. The van der Waals surface area contributed by atoms with Crippen molar-refractivity contribution in [3.8, 4) is 22.3 Å². The van der Waals surface area contributed by atoms with Crippen LogP contribution in [0.4, 0.5) is 10.1 Å². The van der Waals surface area contributed by atoms with E-state index in [-0.39, 0.29) is 12.5 Å². The summed E-state index contributed by atoms with van der Waals surface area (Å²) in [6.07, 6.45) is -0.113. The number of nitrogens with zero attached hydrogens (tertiary/aromatic N) is 1. The van der Waals surface area contributed by atoms with Gasteiger partial charge in [0.25, 0.3) is 5.91 Å². The Hall–Kier alpha value is -5.06. The predicted molar refractivity (Wildman–Crippen MR) is 169 cm³/mol. The number of hydrogen-bond acceptors (Lipinski definition) is 6. The van der Waals surface area contributed by atoms with E-state index in [0.29, 0.717) is 39.3 Å². The minimum Gasteiger partial charge on any atom is -0.481 e. The molecule has 45 heavy (non-hydrogen) atoms. The van der Waals surface area contributed by atoms with Gasteiger partial charge in [-0.2, -0.15) is 0 Å². The van der Waals surface area contributed by atoms with Gasteiger partial charge in [0.2, 0.25) is 0 Å². The molecule has 3 aromatic carbocycles. The Balaban J connectivity index is 1.92. The summed E-state index contributed by atoms with van der Waals surface area (Å²) < 4.78 is 20.6. The summed E-state index contributed by atoms with van der Waals surface area (Å²) >= 11 is 0. The maximum atomic E-state index is 14.2. The lowest BCUT2D eigenvalue weighted by atomic mass is 9.94. The number of carboxylic acids is 1. The largest absolute Gasteiger partial charge is 0.481 e. The average molecular weight is 615 g/mol. The SMILES string of the molecule is COC(=O)c1ccc(NC(=O)c2c(-c3ccccc3)c(-c3ccc(F)cc3)c(C=CC(O)CC(O)CC(=O)O)n2C(C)C)cc1. The molecule has 4 aromatic rings. The van der Waals surface area contributed by atoms with E-state index in [1.807, 2.05) is 48.7 Å². The van der Waals surface area contributed by atoms with Crippen LogP contribution < -0.4 is 5.32 Å². The number of carbonyl (C=O) groups excluding carboxylic acids is 2. The standard InChI is InChI=1S/C35H35FN2O7/c1-21(2)38-29(18-17-27(39)19-28(40)20-30(41)42)31(23-9-13-25(36)14-10-23)32(22-7-5-4-6-8-22)33(38)34(43)37-26-15-11-24(12-16-26)35(44)45-3/h4-18,21,27-28,39-40H,19-20H2,1-3H3,(H,37,43)(H,41,42). The Morgan fingerprint density at radius 2 is 1.53 bits per heavy atom. The maximum absolute atomic E-state index is 14.2. The van der Waals surface area contributed by atoms with Gasteiger partial charge in [-0.25, -0.2) is 9.18 Å². The number of benzene rings is 3. The number of methoxy groups -OCH3 is 1. The van der Waals surface area contributed by atoms with Crippen molar-refractivity contribution in [2.45, 2.75) is 44.9 Å². The third-order valence-corrected chi connectivity index (χ3v) is 7.13. The van der Waals surface area contributed by atoms with Crippen molar-refractivity contribution in [3.05, 3.63) is 108 Å². The zero-order chi connectivity index (χ0) is 32.7. The first-order chi connectivity index (χ1) is 21.5. The van der Waals surface area contributed by atoms with Crippen LogP contribution in [0.25, 0.3) is 28.3 Å². The number of aliphatic carboxylic acids is 1. The fourth-order valence-corrected chi connectivity index (χ4v) is 5.17. The first kappa shape index (κ1) is 32.8. The van der Waals surface area contributed by atoms with E-state index in [9.17, 15) is 29.0 Å². The van der Waals surface area contributed by atoms with E-state index in [1.54, 1.807) is 42.5 Å². The highest BCUT2D eigenvalue weighted by molar-refractivity contribution is 6.12. The van der Waals surface area contributed by atoms with Gasteiger partial charge < -0.3 is 29.9 Å². The number of carboxylic acid groups (broad SMARTS) is 1. The molecule has 0 aliphatic heterocycles. The van der Waals surface area contributed by atoms with Crippen molar-refractivity contribution in [2.24, 2.45) is 0 Å². The lowest BCUT2D eigenvalue weighted by Gasteiger charge is -2.17. The Bertz CT molecular complexity index is 1680. The van der Waals surface area contributed by atoms with E-state index < -0.39 is 42.3 Å². The van der Waals surface area contributed by atoms with Crippen LogP contribution in [0.2, 0.25) is 0 Å². The zero-order valence-electron chi connectivity index (χ0n) is 25.1. The van der Waals surface area contributed by atoms with Crippen LogP contribution >= 0.6 is 0 Å². The minimum atomic E-state index is -1.26. The Labute approximate surface area is 260 Å². The highest BCUT2D eigenvalue weighted by Crippen LogP contribution is 2.43. The molecule has 9 nitrogen and oxygen atoms in total. The fourth-order valence-electron chi connectivity index (χ4n) is 5.17. The topological polar surface area (TPSA) is 138 Å². The molecule has 4 rings (SSSR count). The molecule has 0 spiro atoms. The second kappa shape index (κ2) is 14.6. The second-order valence-corrected chi connectivity index (χ2v) is 10.8. The van der Waals surface area contributed by atoms with Crippen molar-refractivity contribution in [1.29, 1.82) is 0 Å². The number of aliphatic hydroxyl groups is 2. The van der Waals surface area contributed by atoms with E-state index in [1.165, 1.54) is 25.3 Å². The highest BCUT2D eigenvalue weighted by atomic mass is 19.1. The van der Waals surface area contributed by atoms with Gasteiger partial charge in [-0.15, -0.1) is 0 Å². The van der Waals surface area contributed by atoms with Gasteiger partial charge in [0.1, 0.15) is 11.5 Å². The van der Waals surface area contributed by atoms with Gasteiger partial charge in [-0.1, -0.05) is 48.5 Å². The van der Waals surface area contributed by atoms with Gasteiger partial charge in [0, 0.05) is 35.0 Å². The number of carbonyl (C=O) groups is 3. The molecular formula is C35H35FN2O7. The van der Waals surface area contributed by atoms with E-state index >= 15 is 0 Å². The molecule has 234 valence electrons. The predicted octanol–water partition coefficient (Wildman–Crippen LogP) is 6.18. The van der Waals surface area contributed by atoms with Crippen molar-refractivity contribution < 1.29 is 38.8 Å². The molecule has 0 saturated heterocycles. The van der Waals surface area contributed by atoms with E-state index in [2.05, 4.69) is 5.32 Å². The quantitative estimate of drug-likeness (QED) is 0.140. The second-order valence-electron chi connectivity index (χ2n) is 10.8. The summed E-state index contributed by atoms with van der Waals surface area (Å²) in [7, 11) is 1.28. The van der Waals surface area contributed by atoms with E-state index in [4.69, 9.17) is 9.84 Å². The van der Waals surface area contributed by atoms with Gasteiger partial charge in [-0.3, -0.25) is 9.59 Å². The summed E-state index contributed by atoms with van der Waals surface area (Å²) in [5.41, 5.74) is 4.10. The summed E-state index contributed by atoms with van der Waals surface area (Å²) in [5.74, 6) is -2.58. The van der Waals surface area contributed by atoms with Crippen molar-refractivity contribution in [3.63, 3.8) is 0 Å². The zero-order valence-corrected chi connectivity index (χ0v) is 25.1. The highest BCUT2D eigenvalue weighted by Gasteiger charge is 2.29. The molecule has 0 bridgehead atoms. The van der Waals surface area contributed by atoms with E-state index in [0.717, 1.165) is 5.56 Å². The molecule has 10 heteroatoms. The molecule has 1 aromatic heterocycles. The van der Waals surface area contributed by atoms with Crippen molar-refractivity contribution >= 4 is 29.6 Å². The van der Waals surface area contributed by atoms with Crippen molar-refractivity contribution in [2.75, 3.05) is 12.4 Å². The number of hydrogen-bond donors (Lipinski definition) is 4. The number of nitrogens with one attached hydrogen (secondary N) is 1. The molecule has 1 amide bonds. The normalized spacial score (nSPS) is 12.7. The van der Waals surface area contributed by atoms with Crippen LogP contribution in [-0.2, 0) is 9.53 Å². The van der Waals surface area contributed by atoms with Crippen molar-refractivity contribution in [1.82, 2.24) is 4.57 Å². The van der Waals surface area contributed by atoms with Gasteiger partial charge in [-0.05, 0) is 67.4 Å². The molecule has 0 saturated carbocycles. The molecule has 4 N–H and O–H groups in total. The number of amides is 1. The fraction of sp³-hybridized carbons (Fsp3) is 0.229. The molecule has 0 aliphatic rings. The maximum Gasteiger partial charge on any atom is 0.337 e. The molecule has 0 fully saturated rings. The number of aliphatic hydroxyl groups excluding tert-OH is 2. The lowest BCUT2D eigenvalue weighted by molar-refractivity contribution is -0.139. The number of esters is 1. The first-order valence-corrected chi connectivity index (χ1v) is 14.4. The summed E-state index contributed by atoms with van der Waals surface area (Å²) in [6.45, 7) is 3.80. The summed E-state index contributed by atoms with van der Waals surface area (Å²) in [6, 6.07) is 21.1. The van der Waals surface area contributed by atoms with Crippen LogP contribution in [0.5, 0.6) is 0 Å². The number of anilines is 1. The average Bonchev–Trinajstić information content (AvgIpc) is 3.36. The summed E-state index contributed by atoms with van der Waals surface area (Å²) in [4.78, 5) is 37.1. The van der Waals surface area contributed by atoms with Crippen LogP contribution in [0.3, 0.4) is 0 Å². The third kappa shape index (κ3) is 7.91. The molecule has 0 radical (unpaired) electrons. The minimum absolute atomic E-state index is 0.211. The van der Waals surface area contributed by atoms with Crippen LogP contribution in [-0.4, -0.2) is 57.1 Å². The molecule has 0 aliphatic carbocycles. The van der Waals surface area contributed by atoms with Crippen LogP contribution in [0, 0.1) is 5.82 Å². The van der Waals surface area contributed by atoms with Gasteiger partial charge in [0.15, 0.2) is 0 Å². The molecule has 1 heterocycles. The smallest absolute Gasteiger partial charge is 0.337 e. The number of rotatable bonds is 12. The lowest BCUT2D eigenvalue weighted by Crippen LogP contribution is -2.20. The van der Waals surface area contributed by atoms with Gasteiger partial charge >= 0.3 is 11.9 Å². The van der Waals surface area contributed by atoms with Crippen LogP contribution in [0.1, 0.15) is 59.3 Å². The number of halogens is 1. The van der Waals surface area contributed by atoms with Gasteiger partial charge in [0.05, 0.1) is 31.3 Å². The molecular weight excluding hydrogens is 579 g/mol. The van der Waals surface area contributed by atoms with Crippen LogP contribution in [0.15, 0.2) is 84.9 Å². The Morgan fingerprint density at radius 1 is 0.911 bits per heavy atom. The Morgan fingerprint density at radius 3 is 2.11 bits per heavy atom. The summed E-state index contributed by atoms with van der Waals surface area (Å²) in [5, 5.41) is 32.7. The molecule has 2 unspecified atom stereocenters. The number of ether oxygens (including phenoxy) is 1. The number of aromatic nitrogens is 1.